The van der Waals surface area contributed by atoms with Gasteiger partial charge in [0.15, 0.2) is 0 Å². The fourth-order valence-electron chi connectivity index (χ4n) is 5.14. The van der Waals surface area contributed by atoms with Crippen molar-refractivity contribution in [2.45, 2.75) is 50.6 Å². The van der Waals surface area contributed by atoms with Gasteiger partial charge in [0.05, 0.1) is 6.04 Å². The van der Waals surface area contributed by atoms with Gasteiger partial charge in [0.25, 0.3) is 0 Å². The number of aromatic nitrogens is 4. The van der Waals surface area contributed by atoms with Gasteiger partial charge in [-0.25, -0.2) is 4.68 Å². The minimum absolute atomic E-state index is 0.133. The van der Waals surface area contributed by atoms with Crippen molar-refractivity contribution in [3.63, 3.8) is 0 Å². The number of anilines is 1. The normalized spacial score (nSPS) is 33.5. The Labute approximate surface area is 152 Å². The van der Waals surface area contributed by atoms with Crippen LogP contribution >= 0.6 is 0 Å². The number of tetrazole rings is 1. The monoisotopic (exact) mass is 352 g/mol. The van der Waals surface area contributed by atoms with Crippen LogP contribution in [0, 0.1) is 5.41 Å². The van der Waals surface area contributed by atoms with E-state index in [1.54, 1.807) is 0 Å². The first kappa shape index (κ1) is 15.8. The van der Waals surface area contributed by atoms with Gasteiger partial charge >= 0.3 is 0 Å². The van der Waals surface area contributed by atoms with E-state index in [2.05, 4.69) is 63.0 Å². The molecule has 2 aliphatic heterocycles. The Hall–Kier alpha value is -2.44. The summed E-state index contributed by atoms with van der Waals surface area (Å²) in [7, 11) is 0. The van der Waals surface area contributed by atoms with Crippen LogP contribution in [0.3, 0.4) is 0 Å². The zero-order chi connectivity index (χ0) is 17.7. The van der Waals surface area contributed by atoms with Crippen molar-refractivity contribution >= 4 is 11.9 Å². The Morgan fingerprint density at radius 3 is 2.77 bits per heavy atom. The van der Waals surface area contributed by atoms with Crippen molar-refractivity contribution in [2.24, 2.45) is 5.41 Å². The third-order valence-corrected chi connectivity index (χ3v) is 6.59. The van der Waals surface area contributed by atoms with E-state index in [4.69, 9.17) is 0 Å². The zero-order valence-electron chi connectivity index (χ0n) is 15.0. The summed E-state index contributed by atoms with van der Waals surface area (Å²) in [4.78, 5) is 13.9. The lowest BCUT2D eigenvalue weighted by atomic mass is 9.65. The van der Waals surface area contributed by atoms with Crippen LogP contribution in [-0.4, -0.2) is 45.2 Å². The van der Waals surface area contributed by atoms with Crippen LogP contribution in [0.15, 0.2) is 30.3 Å². The molecule has 2 unspecified atom stereocenters. The van der Waals surface area contributed by atoms with Crippen LogP contribution in [0.5, 0.6) is 0 Å². The average Bonchev–Trinajstić information content (AvgIpc) is 3.32. The Kier molecular flexibility index (Phi) is 3.52. The van der Waals surface area contributed by atoms with Crippen molar-refractivity contribution in [2.75, 3.05) is 18.0 Å². The number of carbonyl (C=O) groups excluding carboxylic acids is 1. The van der Waals surface area contributed by atoms with E-state index in [0.29, 0.717) is 24.4 Å². The van der Waals surface area contributed by atoms with Crippen LogP contribution in [0.25, 0.3) is 0 Å². The van der Waals surface area contributed by atoms with Gasteiger partial charge in [0.1, 0.15) is 0 Å². The highest BCUT2D eigenvalue weighted by Crippen LogP contribution is 2.53. The molecule has 7 heteroatoms. The molecule has 3 fully saturated rings. The van der Waals surface area contributed by atoms with Gasteiger partial charge in [-0.1, -0.05) is 35.4 Å². The Bertz CT molecular complexity index is 812. The average molecular weight is 352 g/mol. The summed E-state index contributed by atoms with van der Waals surface area (Å²) in [6, 6.07) is 11.4. The highest BCUT2D eigenvalue weighted by Gasteiger charge is 2.51. The maximum atomic E-state index is 11.6. The van der Waals surface area contributed by atoms with E-state index in [1.807, 2.05) is 4.68 Å². The van der Waals surface area contributed by atoms with E-state index < -0.39 is 0 Å². The van der Waals surface area contributed by atoms with Gasteiger partial charge in [0, 0.05) is 36.9 Å². The first-order valence-electron chi connectivity index (χ1n) is 9.51. The maximum Gasteiger partial charge on any atom is 0.246 e. The van der Waals surface area contributed by atoms with E-state index in [9.17, 15) is 4.79 Å². The molecule has 2 atom stereocenters. The van der Waals surface area contributed by atoms with Crippen LogP contribution in [-0.2, 0) is 4.79 Å². The van der Waals surface area contributed by atoms with E-state index in [0.717, 1.165) is 38.3 Å². The number of carbonyl (C=O) groups is 1. The smallest absolute Gasteiger partial charge is 0.246 e. The summed E-state index contributed by atoms with van der Waals surface area (Å²) in [5.74, 6) is 1.57. The number of nitrogens with zero attached hydrogens (tertiary/aromatic N) is 5. The van der Waals surface area contributed by atoms with Crippen LogP contribution in [0.4, 0.5) is 5.95 Å². The minimum atomic E-state index is 0.133. The Balaban J connectivity index is 1.33. The van der Waals surface area contributed by atoms with Crippen LogP contribution < -0.4 is 10.2 Å². The molecule has 1 amide bonds. The summed E-state index contributed by atoms with van der Waals surface area (Å²) >= 11 is 0. The molecule has 3 aliphatic rings. The van der Waals surface area contributed by atoms with Gasteiger partial charge < -0.3 is 10.2 Å². The first-order chi connectivity index (χ1) is 12.7. The molecule has 2 aromatic rings. The summed E-state index contributed by atoms with van der Waals surface area (Å²) < 4.78 is 2.00. The highest BCUT2D eigenvalue weighted by molar-refractivity contribution is 5.79. The SMILES string of the molecule is CC1C(c2ccccc2)CCN1c1nnnn1C1CC2(CNC(=O)C2)C1. The lowest BCUT2D eigenvalue weighted by molar-refractivity contribution is -0.120. The van der Waals surface area contributed by atoms with Crippen molar-refractivity contribution in [1.29, 1.82) is 0 Å². The van der Waals surface area contributed by atoms with Crippen molar-refractivity contribution in [3.8, 4) is 0 Å². The molecule has 1 aliphatic carbocycles. The maximum absolute atomic E-state index is 11.6. The summed E-state index contributed by atoms with van der Waals surface area (Å²) in [5, 5.41) is 15.6. The quantitative estimate of drug-likeness (QED) is 0.913. The fourth-order valence-corrected chi connectivity index (χ4v) is 5.14. The molecule has 1 saturated carbocycles. The molecule has 1 N–H and O–H groups in total. The van der Waals surface area contributed by atoms with Crippen LogP contribution in [0.1, 0.15) is 50.1 Å². The standard InChI is InChI=1S/C19H24N6O/c1-13-16(14-5-3-2-4-6-14)7-8-24(13)18-21-22-23-25(18)15-9-19(10-15)11-17(26)20-12-19/h2-6,13,15-16H,7-12H2,1H3,(H,20,26). The minimum Gasteiger partial charge on any atom is -0.356 e. The molecule has 3 heterocycles. The van der Waals surface area contributed by atoms with Crippen LogP contribution in [0.2, 0.25) is 0 Å². The van der Waals surface area contributed by atoms with Gasteiger partial charge in [-0.15, -0.1) is 0 Å². The molecule has 0 radical (unpaired) electrons. The molecule has 1 spiro atoms. The number of hydrogen-bond acceptors (Lipinski definition) is 5. The molecule has 136 valence electrons. The molecule has 2 saturated heterocycles. The predicted molar refractivity (Wildman–Crippen MR) is 96.8 cm³/mol. The third kappa shape index (κ3) is 2.40. The molecule has 5 rings (SSSR count). The van der Waals surface area contributed by atoms with Crippen molar-refractivity contribution in [3.05, 3.63) is 35.9 Å². The number of hydrogen-bond donors (Lipinski definition) is 1. The largest absolute Gasteiger partial charge is 0.356 e. The number of amides is 1. The molecule has 7 nitrogen and oxygen atoms in total. The first-order valence-corrected chi connectivity index (χ1v) is 9.51. The second kappa shape index (κ2) is 5.79. The van der Waals surface area contributed by atoms with E-state index >= 15 is 0 Å². The van der Waals surface area contributed by atoms with E-state index in [1.165, 1.54) is 5.56 Å². The van der Waals surface area contributed by atoms with Gasteiger partial charge in [0.2, 0.25) is 11.9 Å². The summed E-state index contributed by atoms with van der Waals surface area (Å²) in [6.45, 7) is 4.04. The van der Waals surface area contributed by atoms with Gasteiger partial charge in [-0.3, -0.25) is 4.79 Å². The highest BCUT2D eigenvalue weighted by atomic mass is 16.1. The summed E-state index contributed by atoms with van der Waals surface area (Å²) in [6.07, 6.45) is 3.73. The second-order valence-corrected chi connectivity index (χ2v) is 8.18. The lowest BCUT2D eigenvalue weighted by Crippen LogP contribution is -2.42. The topological polar surface area (TPSA) is 75.9 Å². The van der Waals surface area contributed by atoms with E-state index in [-0.39, 0.29) is 11.3 Å². The van der Waals surface area contributed by atoms with Gasteiger partial charge in [-0.2, -0.15) is 0 Å². The molecular formula is C19H24N6O. The molecule has 0 bridgehead atoms. The molecule has 26 heavy (non-hydrogen) atoms. The predicted octanol–water partition coefficient (Wildman–Crippen LogP) is 1.90. The Morgan fingerprint density at radius 1 is 1.23 bits per heavy atom. The Morgan fingerprint density at radius 2 is 2.04 bits per heavy atom. The van der Waals surface area contributed by atoms with Crippen molar-refractivity contribution in [1.82, 2.24) is 25.5 Å². The molecule has 1 aromatic carbocycles. The fraction of sp³-hybridized carbons (Fsp3) is 0.579. The second-order valence-electron chi connectivity index (χ2n) is 8.18. The number of benzene rings is 1. The lowest BCUT2D eigenvalue weighted by Gasteiger charge is -2.44. The third-order valence-electron chi connectivity index (χ3n) is 6.59. The number of nitrogens with one attached hydrogen (secondary N) is 1. The van der Waals surface area contributed by atoms with Crippen molar-refractivity contribution < 1.29 is 4.79 Å². The molecule has 1 aromatic heterocycles. The number of rotatable bonds is 3. The van der Waals surface area contributed by atoms with Gasteiger partial charge in [-0.05, 0) is 42.2 Å². The molecular weight excluding hydrogens is 328 g/mol. The zero-order valence-corrected chi connectivity index (χ0v) is 15.0. The summed E-state index contributed by atoms with van der Waals surface area (Å²) in [5.41, 5.74) is 1.52.